The Bertz CT molecular complexity index is 1250. The number of anilines is 1. The van der Waals surface area contributed by atoms with Crippen molar-refractivity contribution >= 4 is 22.7 Å². The number of nitrogens with two attached hydrogens (primary N) is 1. The highest BCUT2D eigenvalue weighted by Gasteiger charge is 2.11. The van der Waals surface area contributed by atoms with Gasteiger partial charge in [0.05, 0.1) is 16.6 Å². The molecular weight excluding hydrogens is 394 g/mol. The van der Waals surface area contributed by atoms with Gasteiger partial charge in [-0.3, -0.25) is 0 Å². The summed E-state index contributed by atoms with van der Waals surface area (Å²) in [6.45, 7) is 4.17. The van der Waals surface area contributed by atoms with Crippen LogP contribution in [0.5, 0.6) is 17.2 Å². The van der Waals surface area contributed by atoms with Gasteiger partial charge in [0, 0.05) is 18.8 Å². The quantitative estimate of drug-likeness (QED) is 0.436. The van der Waals surface area contributed by atoms with E-state index in [1.165, 1.54) is 12.1 Å². The first-order valence-corrected chi connectivity index (χ1v) is 9.78. The molecule has 0 amide bonds. The number of aryl methyl sites for hydroxylation is 3. The van der Waals surface area contributed by atoms with Crippen LogP contribution in [0.25, 0.3) is 11.0 Å². The van der Waals surface area contributed by atoms with Gasteiger partial charge < -0.3 is 24.9 Å². The van der Waals surface area contributed by atoms with E-state index >= 15 is 0 Å². The molecule has 0 saturated carbocycles. The first-order valence-electron chi connectivity index (χ1n) is 9.78. The van der Waals surface area contributed by atoms with Crippen molar-refractivity contribution in [3.05, 3.63) is 77.1 Å². The number of benzene rings is 3. The summed E-state index contributed by atoms with van der Waals surface area (Å²) in [5.74, 6) is 1.79. The van der Waals surface area contributed by atoms with Gasteiger partial charge in [0.15, 0.2) is 0 Å². The topological polar surface area (TPSA) is 99.6 Å². The molecule has 0 bridgehead atoms. The molecule has 4 rings (SSSR count). The van der Waals surface area contributed by atoms with Crippen molar-refractivity contribution in [1.29, 1.82) is 0 Å². The Labute approximate surface area is 179 Å². The summed E-state index contributed by atoms with van der Waals surface area (Å²) in [5.41, 5.74) is 10.7. The Balaban J connectivity index is 1.53. The second-order valence-electron chi connectivity index (χ2n) is 7.43. The molecule has 1 aromatic heterocycles. The second-order valence-corrected chi connectivity index (χ2v) is 7.43. The van der Waals surface area contributed by atoms with Gasteiger partial charge in [0.25, 0.3) is 0 Å². The maximum atomic E-state index is 11.0. The van der Waals surface area contributed by atoms with Crippen LogP contribution < -0.4 is 15.2 Å². The molecule has 7 heteroatoms. The maximum Gasteiger partial charge on any atom is 0.335 e. The fourth-order valence-electron chi connectivity index (χ4n) is 3.38. The van der Waals surface area contributed by atoms with Crippen LogP contribution in [-0.4, -0.2) is 20.6 Å². The van der Waals surface area contributed by atoms with E-state index in [9.17, 15) is 4.79 Å². The highest BCUT2D eigenvalue weighted by atomic mass is 16.5. The summed E-state index contributed by atoms with van der Waals surface area (Å²) in [5, 5.41) is 8.99. The summed E-state index contributed by atoms with van der Waals surface area (Å²) in [7, 11) is 1.92. The summed E-state index contributed by atoms with van der Waals surface area (Å²) in [6, 6.07) is 15.9. The Kier molecular flexibility index (Phi) is 5.25. The first kappa shape index (κ1) is 20.3. The minimum atomic E-state index is -0.968. The average Bonchev–Trinajstić information content (AvgIpc) is 3.06. The molecule has 0 radical (unpaired) electrons. The summed E-state index contributed by atoms with van der Waals surface area (Å²) < 4.78 is 13.8. The van der Waals surface area contributed by atoms with Crippen molar-refractivity contribution in [2.75, 3.05) is 5.73 Å². The number of nitrogens with zero attached hydrogens (tertiary/aromatic N) is 2. The van der Waals surface area contributed by atoms with Crippen molar-refractivity contribution in [3.8, 4) is 17.2 Å². The van der Waals surface area contributed by atoms with Crippen molar-refractivity contribution in [3.63, 3.8) is 0 Å². The third-order valence-corrected chi connectivity index (χ3v) is 5.22. The minimum Gasteiger partial charge on any atom is -0.486 e. The van der Waals surface area contributed by atoms with Crippen LogP contribution in [0.4, 0.5) is 5.69 Å². The Hall–Kier alpha value is -4.00. The van der Waals surface area contributed by atoms with E-state index in [1.54, 1.807) is 12.1 Å². The van der Waals surface area contributed by atoms with Crippen molar-refractivity contribution in [1.82, 2.24) is 9.55 Å². The molecule has 0 spiro atoms. The molecule has 0 aliphatic carbocycles. The average molecular weight is 417 g/mol. The van der Waals surface area contributed by atoms with Gasteiger partial charge in [-0.1, -0.05) is 0 Å². The third-order valence-electron chi connectivity index (χ3n) is 5.22. The van der Waals surface area contributed by atoms with E-state index < -0.39 is 5.97 Å². The van der Waals surface area contributed by atoms with E-state index in [0.29, 0.717) is 11.5 Å². The number of hydrogen-bond acceptors (Lipinski definition) is 5. The predicted molar refractivity (Wildman–Crippen MR) is 119 cm³/mol. The predicted octanol–water partition coefficient (Wildman–Crippen LogP) is 4.84. The second kappa shape index (κ2) is 8.02. The molecule has 3 aromatic carbocycles. The minimum absolute atomic E-state index is 0.217. The van der Waals surface area contributed by atoms with Crippen LogP contribution in [0.3, 0.4) is 0 Å². The highest BCUT2D eigenvalue weighted by molar-refractivity contribution is 5.87. The lowest BCUT2D eigenvalue weighted by atomic mass is 10.1. The number of aromatic nitrogens is 2. The Morgan fingerprint density at radius 1 is 1.00 bits per heavy atom. The van der Waals surface area contributed by atoms with E-state index in [-0.39, 0.29) is 12.2 Å². The zero-order valence-electron chi connectivity index (χ0n) is 17.5. The van der Waals surface area contributed by atoms with Gasteiger partial charge in [-0.05, 0) is 73.5 Å². The number of ether oxygens (including phenoxy) is 2. The highest BCUT2D eigenvalue weighted by Crippen LogP contribution is 2.30. The summed E-state index contributed by atoms with van der Waals surface area (Å²) >= 11 is 0. The fourth-order valence-corrected chi connectivity index (χ4v) is 3.38. The molecule has 0 atom stereocenters. The molecule has 0 aliphatic rings. The molecule has 158 valence electrons. The lowest BCUT2D eigenvalue weighted by molar-refractivity contribution is 0.0697. The van der Waals surface area contributed by atoms with Gasteiger partial charge >= 0.3 is 5.97 Å². The number of fused-ring (bicyclic) bond motifs is 1. The maximum absolute atomic E-state index is 11.0. The standard InChI is InChI=1S/C24H23N3O4/c1-14-10-19(11-15(2)23(14)25)31-18-8-9-20-21(12-18)27(3)22(26-20)13-30-17-6-4-16(5-7-17)24(28)29/h4-12H,13,25H2,1-3H3,(H,28,29). The van der Waals surface area contributed by atoms with E-state index in [1.807, 2.05) is 55.8 Å². The normalized spacial score (nSPS) is 10.9. The number of nitrogen functional groups attached to an aromatic ring is 1. The molecular formula is C24H23N3O4. The molecule has 1 heterocycles. The number of carboxylic acids is 1. The summed E-state index contributed by atoms with van der Waals surface area (Å²) in [4.78, 5) is 15.6. The number of aromatic carboxylic acids is 1. The van der Waals surface area contributed by atoms with Crippen LogP contribution in [0.1, 0.15) is 27.3 Å². The van der Waals surface area contributed by atoms with Crippen LogP contribution in [-0.2, 0) is 13.7 Å². The van der Waals surface area contributed by atoms with Crippen LogP contribution in [0, 0.1) is 13.8 Å². The summed E-state index contributed by atoms with van der Waals surface area (Å²) in [6.07, 6.45) is 0. The van der Waals surface area contributed by atoms with E-state index in [0.717, 1.165) is 39.4 Å². The van der Waals surface area contributed by atoms with Crippen LogP contribution >= 0.6 is 0 Å². The van der Waals surface area contributed by atoms with Crippen LogP contribution in [0.2, 0.25) is 0 Å². The number of carboxylic acid groups (broad SMARTS) is 1. The smallest absolute Gasteiger partial charge is 0.335 e. The van der Waals surface area contributed by atoms with Crippen molar-refractivity contribution < 1.29 is 19.4 Å². The number of rotatable bonds is 6. The monoisotopic (exact) mass is 417 g/mol. The van der Waals surface area contributed by atoms with Gasteiger partial charge in [-0.2, -0.15) is 0 Å². The van der Waals surface area contributed by atoms with E-state index in [2.05, 4.69) is 4.98 Å². The fraction of sp³-hybridized carbons (Fsp3) is 0.167. The van der Waals surface area contributed by atoms with E-state index in [4.69, 9.17) is 20.3 Å². The number of imidazole rings is 1. The molecule has 0 unspecified atom stereocenters. The molecule has 7 nitrogen and oxygen atoms in total. The number of hydrogen-bond donors (Lipinski definition) is 2. The largest absolute Gasteiger partial charge is 0.486 e. The van der Waals surface area contributed by atoms with Gasteiger partial charge in [-0.15, -0.1) is 0 Å². The molecule has 3 N–H and O–H groups in total. The zero-order valence-corrected chi connectivity index (χ0v) is 17.5. The molecule has 4 aromatic rings. The van der Waals surface area contributed by atoms with Gasteiger partial charge in [-0.25, -0.2) is 9.78 Å². The Morgan fingerprint density at radius 3 is 2.29 bits per heavy atom. The van der Waals surface area contributed by atoms with Gasteiger partial charge in [0.1, 0.15) is 29.7 Å². The molecule has 0 fully saturated rings. The van der Waals surface area contributed by atoms with Gasteiger partial charge in [0.2, 0.25) is 0 Å². The molecule has 0 saturated heterocycles. The van der Waals surface area contributed by atoms with Crippen LogP contribution in [0.15, 0.2) is 54.6 Å². The number of carbonyl (C=O) groups is 1. The first-order chi connectivity index (χ1) is 14.8. The Morgan fingerprint density at radius 2 is 1.65 bits per heavy atom. The van der Waals surface area contributed by atoms with Crippen molar-refractivity contribution in [2.45, 2.75) is 20.5 Å². The lowest BCUT2D eigenvalue weighted by Crippen LogP contribution is -2.03. The molecule has 31 heavy (non-hydrogen) atoms. The van der Waals surface area contributed by atoms with Crippen molar-refractivity contribution in [2.24, 2.45) is 7.05 Å². The third kappa shape index (κ3) is 4.16. The molecule has 0 aliphatic heterocycles. The SMILES string of the molecule is Cc1cc(Oc2ccc3nc(COc4ccc(C(=O)O)cc4)n(C)c3c2)cc(C)c1N. The zero-order chi connectivity index (χ0) is 22.1. The lowest BCUT2D eigenvalue weighted by Gasteiger charge is -2.11.